The monoisotopic (exact) mass is 232 g/mol. The second-order valence-electron chi connectivity index (χ2n) is 4.66. The van der Waals surface area contributed by atoms with E-state index in [1.807, 2.05) is 18.5 Å². The number of rotatable bonds is 4. The van der Waals surface area contributed by atoms with Gasteiger partial charge in [-0.05, 0) is 19.4 Å². The van der Waals surface area contributed by atoms with E-state index in [-0.39, 0.29) is 5.41 Å². The van der Waals surface area contributed by atoms with E-state index in [4.69, 9.17) is 10.7 Å². The molecule has 0 bridgehead atoms. The molecule has 0 amide bonds. The molecule has 4 heteroatoms. The van der Waals surface area contributed by atoms with Crippen molar-refractivity contribution in [1.82, 2.24) is 14.5 Å². The van der Waals surface area contributed by atoms with Crippen LogP contribution in [-0.2, 0) is 12.0 Å². The van der Waals surface area contributed by atoms with E-state index in [0.717, 1.165) is 29.8 Å². The molecule has 92 valence electrons. The molecule has 2 aromatic rings. The second kappa shape index (κ2) is 4.45. The summed E-state index contributed by atoms with van der Waals surface area (Å²) in [5.74, 6) is 1.08. The van der Waals surface area contributed by atoms with Gasteiger partial charge in [0.25, 0.3) is 0 Å². The Morgan fingerprint density at radius 2 is 2.18 bits per heavy atom. The highest BCUT2D eigenvalue weighted by atomic mass is 15.1. The summed E-state index contributed by atoms with van der Waals surface area (Å²) < 4.78 is 2.24. The highest BCUT2D eigenvalue weighted by molar-refractivity contribution is 5.75. The van der Waals surface area contributed by atoms with Crippen molar-refractivity contribution in [3.63, 3.8) is 0 Å². The van der Waals surface area contributed by atoms with Crippen molar-refractivity contribution >= 4 is 11.0 Å². The zero-order valence-corrected chi connectivity index (χ0v) is 10.8. The highest BCUT2D eigenvalue weighted by Gasteiger charge is 2.29. The summed E-state index contributed by atoms with van der Waals surface area (Å²) in [5.41, 5.74) is 7.97. The Bertz CT molecular complexity index is 511. The summed E-state index contributed by atoms with van der Waals surface area (Å²) in [4.78, 5) is 8.85. The summed E-state index contributed by atoms with van der Waals surface area (Å²) in [6.45, 7) is 7.99. The lowest BCUT2D eigenvalue weighted by atomic mass is 9.86. The molecule has 17 heavy (non-hydrogen) atoms. The van der Waals surface area contributed by atoms with Gasteiger partial charge in [0.2, 0.25) is 0 Å². The maximum absolute atomic E-state index is 5.93. The molecule has 1 unspecified atom stereocenters. The Balaban J connectivity index is 2.68. The zero-order valence-electron chi connectivity index (χ0n) is 10.8. The molecular formula is C13H20N4. The fourth-order valence-electron chi connectivity index (χ4n) is 2.16. The topological polar surface area (TPSA) is 56.7 Å². The van der Waals surface area contributed by atoms with Gasteiger partial charge in [0.05, 0.1) is 11.7 Å². The summed E-state index contributed by atoms with van der Waals surface area (Å²) in [5, 5.41) is 0. The number of aryl methyl sites for hydroxylation is 1. The molecule has 0 radical (unpaired) electrons. The zero-order chi connectivity index (χ0) is 12.5. The van der Waals surface area contributed by atoms with E-state index in [1.54, 1.807) is 0 Å². The van der Waals surface area contributed by atoms with Gasteiger partial charge in [0.15, 0.2) is 0 Å². The third-order valence-electron chi connectivity index (χ3n) is 3.64. The molecular weight excluding hydrogens is 212 g/mol. The first-order valence-electron chi connectivity index (χ1n) is 6.17. The van der Waals surface area contributed by atoms with E-state index < -0.39 is 0 Å². The molecule has 2 rings (SSSR count). The number of fused-ring (bicyclic) bond motifs is 1. The van der Waals surface area contributed by atoms with Crippen molar-refractivity contribution in [1.29, 1.82) is 0 Å². The molecule has 0 saturated carbocycles. The van der Waals surface area contributed by atoms with Gasteiger partial charge in [0.1, 0.15) is 11.3 Å². The van der Waals surface area contributed by atoms with Crippen molar-refractivity contribution in [2.24, 2.45) is 5.73 Å². The molecule has 0 spiro atoms. The van der Waals surface area contributed by atoms with E-state index in [0.29, 0.717) is 6.54 Å². The van der Waals surface area contributed by atoms with E-state index in [9.17, 15) is 0 Å². The van der Waals surface area contributed by atoms with Crippen LogP contribution in [0.2, 0.25) is 0 Å². The van der Waals surface area contributed by atoms with Gasteiger partial charge in [-0.2, -0.15) is 0 Å². The lowest BCUT2D eigenvalue weighted by molar-refractivity contribution is 0.420. The molecule has 0 aliphatic carbocycles. The number of aromatic nitrogens is 3. The first-order valence-corrected chi connectivity index (χ1v) is 6.17. The van der Waals surface area contributed by atoms with E-state index in [1.165, 1.54) is 0 Å². The fraction of sp³-hybridized carbons (Fsp3) is 0.538. The standard InChI is InChI=1S/C13H20N4/c1-4-13(3,9-14)12-16-10-8-15-7-6-11(10)17(12)5-2/h6-8H,4-5,9,14H2,1-3H3. The number of hydrogen-bond acceptors (Lipinski definition) is 3. The smallest absolute Gasteiger partial charge is 0.117 e. The third-order valence-corrected chi connectivity index (χ3v) is 3.64. The Hall–Kier alpha value is -1.42. The second-order valence-corrected chi connectivity index (χ2v) is 4.66. The molecule has 0 aliphatic rings. The molecule has 1 atom stereocenters. The summed E-state index contributed by atoms with van der Waals surface area (Å²) in [6.07, 6.45) is 4.61. The molecule has 0 fully saturated rings. The molecule has 0 aromatic carbocycles. The van der Waals surface area contributed by atoms with Crippen molar-refractivity contribution in [2.75, 3.05) is 6.54 Å². The maximum Gasteiger partial charge on any atom is 0.117 e. The number of pyridine rings is 1. The minimum Gasteiger partial charge on any atom is -0.329 e. The maximum atomic E-state index is 5.93. The summed E-state index contributed by atoms with van der Waals surface area (Å²) in [6, 6.07) is 2.02. The largest absolute Gasteiger partial charge is 0.329 e. The Morgan fingerprint density at radius 3 is 2.76 bits per heavy atom. The first kappa shape index (κ1) is 12.0. The summed E-state index contributed by atoms with van der Waals surface area (Å²) in [7, 11) is 0. The molecule has 2 N–H and O–H groups in total. The van der Waals surface area contributed by atoms with Gasteiger partial charge in [-0.3, -0.25) is 4.98 Å². The van der Waals surface area contributed by atoms with Crippen LogP contribution in [0.5, 0.6) is 0 Å². The van der Waals surface area contributed by atoms with Crippen LogP contribution in [0, 0.1) is 0 Å². The Labute approximate surface area is 102 Å². The average Bonchev–Trinajstić information content (AvgIpc) is 2.76. The highest BCUT2D eigenvalue weighted by Crippen LogP contribution is 2.28. The number of nitrogens with two attached hydrogens (primary N) is 1. The van der Waals surface area contributed by atoms with E-state index in [2.05, 4.69) is 30.3 Å². The van der Waals surface area contributed by atoms with Gasteiger partial charge in [-0.1, -0.05) is 13.8 Å². The Morgan fingerprint density at radius 1 is 1.41 bits per heavy atom. The van der Waals surface area contributed by atoms with Crippen LogP contribution in [0.4, 0.5) is 0 Å². The van der Waals surface area contributed by atoms with Gasteiger partial charge < -0.3 is 10.3 Å². The molecule has 0 aliphatic heterocycles. The van der Waals surface area contributed by atoms with Crippen LogP contribution in [0.15, 0.2) is 18.5 Å². The normalized spacial score (nSPS) is 15.1. The molecule has 0 saturated heterocycles. The molecule has 2 heterocycles. The van der Waals surface area contributed by atoms with Crippen molar-refractivity contribution in [3.05, 3.63) is 24.3 Å². The van der Waals surface area contributed by atoms with Crippen LogP contribution in [-0.4, -0.2) is 21.1 Å². The quantitative estimate of drug-likeness (QED) is 0.878. The van der Waals surface area contributed by atoms with Crippen LogP contribution >= 0.6 is 0 Å². The van der Waals surface area contributed by atoms with Crippen LogP contribution in [0.1, 0.15) is 33.0 Å². The minimum atomic E-state index is -0.0605. The van der Waals surface area contributed by atoms with Crippen molar-refractivity contribution in [2.45, 2.75) is 39.2 Å². The van der Waals surface area contributed by atoms with Gasteiger partial charge in [-0.15, -0.1) is 0 Å². The van der Waals surface area contributed by atoms with Crippen LogP contribution in [0.25, 0.3) is 11.0 Å². The van der Waals surface area contributed by atoms with E-state index >= 15 is 0 Å². The average molecular weight is 232 g/mol. The van der Waals surface area contributed by atoms with Crippen molar-refractivity contribution < 1.29 is 0 Å². The van der Waals surface area contributed by atoms with Gasteiger partial charge >= 0.3 is 0 Å². The number of imidazole rings is 1. The lowest BCUT2D eigenvalue weighted by Gasteiger charge is -2.26. The van der Waals surface area contributed by atoms with Crippen LogP contribution in [0.3, 0.4) is 0 Å². The lowest BCUT2D eigenvalue weighted by Crippen LogP contribution is -2.34. The number of hydrogen-bond donors (Lipinski definition) is 1. The first-order chi connectivity index (χ1) is 8.16. The van der Waals surface area contributed by atoms with Crippen molar-refractivity contribution in [3.8, 4) is 0 Å². The van der Waals surface area contributed by atoms with Crippen LogP contribution < -0.4 is 5.73 Å². The van der Waals surface area contributed by atoms with Gasteiger partial charge in [0, 0.05) is 24.7 Å². The third kappa shape index (κ3) is 1.82. The predicted octanol–water partition coefficient (Wildman–Crippen LogP) is 2.08. The molecule has 2 aromatic heterocycles. The minimum absolute atomic E-state index is 0.0605. The van der Waals surface area contributed by atoms with Gasteiger partial charge in [-0.25, -0.2) is 4.98 Å². The SMILES string of the molecule is CCn1c(C(C)(CC)CN)nc2cnccc21. The Kier molecular flexibility index (Phi) is 3.15. The fourth-order valence-corrected chi connectivity index (χ4v) is 2.16. The predicted molar refractivity (Wildman–Crippen MR) is 69.9 cm³/mol. The number of nitrogens with zero attached hydrogens (tertiary/aromatic N) is 3. The summed E-state index contributed by atoms with van der Waals surface area (Å²) >= 11 is 0. The molecule has 4 nitrogen and oxygen atoms in total.